The van der Waals surface area contributed by atoms with Crippen molar-refractivity contribution in [1.29, 1.82) is 0 Å². The van der Waals surface area contributed by atoms with Crippen LogP contribution in [0.4, 0.5) is 0 Å². The summed E-state index contributed by atoms with van der Waals surface area (Å²) in [6.07, 6.45) is 2.17. The molecule has 0 aliphatic heterocycles. The molecule has 3 rings (SSSR count). The molecule has 1 heterocycles. The Balaban J connectivity index is 1.85. The van der Waals surface area contributed by atoms with Crippen molar-refractivity contribution in [2.75, 3.05) is 13.7 Å². The molecule has 0 unspecified atom stereocenters. The molecule has 19 heavy (non-hydrogen) atoms. The predicted octanol–water partition coefficient (Wildman–Crippen LogP) is 3.22. The predicted molar refractivity (Wildman–Crippen MR) is 78.9 cm³/mol. The number of aromatic nitrogens is 1. The van der Waals surface area contributed by atoms with Crippen molar-refractivity contribution >= 4 is 11.3 Å². The second-order valence-corrected chi connectivity index (χ2v) is 5.92. The van der Waals surface area contributed by atoms with E-state index in [9.17, 15) is 0 Å². The molecule has 0 amide bonds. The van der Waals surface area contributed by atoms with E-state index in [-0.39, 0.29) is 0 Å². The smallest absolute Gasteiger partial charge is 0.119 e. The van der Waals surface area contributed by atoms with E-state index >= 15 is 0 Å². The largest absolute Gasteiger partial charge is 0.497 e. The second kappa shape index (κ2) is 5.31. The minimum Gasteiger partial charge on any atom is -0.497 e. The number of nitrogens with zero attached hydrogens (tertiary/aromatic N) is 1. The first-order valence-corrected chi connectivity index (χ1v) is 7.50. The summed E-state index contributed by atoms with van der Waals surface area (Å²) in [6.45, 7) is 4.11. The Bertz CT molecular complexity index is 592. The van der Waals surface area contributed by atoms with Crippen LogP contribution in [-0.4, -0.2) is 18.6 Å². The van der Waals surface area contributed by atoms with Gasteiger partial charge < -0.3 is 10.1 Å². The molecule has 1 aromatic heterocycles. The van der Waals surface area contributed by atoms with Gasteiger partial charge in [-0.15, -0.1) is 11.3 Å². The SMILES string of the molecule is CCCNCc1nc2c(s1)Cc1ccc(OC)cc1-2. The maximum Gasteiger partial charge on any atom is 0.119 e. The van der Waals surface area contributed by atoms with Gasteiger partial charge in [-0.2, -0.15) is 0 Å². The maximum absolute atomic E-state index is 5.30. The lowest BCUT2D eigenvalue weighted by molar-refractivity contribution is 0.415. The lowest BCUT2D eigenvalue weighted by Gasteiger charge is -2.04. The summed E-state index contributed by atoms with van der Waals surface area (Å²) < 4.78 is 5.30. The fraction of sp³-hybridized carbons (Fsp3) is 0.400. The monoisotopic (exact) mass is 274 g/mol. The number of thiazole rings is 1. The van der Waals surface area contributed by atoms with Crippen molar-refractivity contribution in [3.63, 3.8) is 0 Å². The van der Waals surface area contributed by atoms with Crippen LogP contribution in [-0.2, 0) is 13.0 Å². The van der Waals surface area contributed by atoms with Gasteiger partial charge in [-0.1, -0.05) is 13.0 Å². The van der Waals surface area contributed by atoms with Crippen molar-refractivity contribution in [3.05, 3.63) is 33.6 Å². The number of fused-ring (bicyclic) bond motifs is 3. The molecule has 0 saturated carbocycles. The van der Waals surface area contributed by atoms with Crippen LogP contribution < -0.4 is 10.1 Å². The van der Waals surface area contributed by atoms with Crippen LogP contribution in [0.5, 0.6) is 5.75 Å². The molecule has 0 radical (unpaired) electrons. The Kier molecular flexibility index (Phi) is 3.53. The topological polar surface area (TPSA) is 34.2 Å². The van der Waals surface area contributed by atoms with Crippen LogP contribution in [0.25, 0.3) is 11.3 Å². The minimum absolute atomic E-state index is 0.880. The summed E-state index contributed by atoms with van der Waals surface area (Å²) in [6, 6.07) is 6.28. The molecule has 0 spiro atoms. The first-order valence-electron chi connectivity index (χ1n) is 6.68. The van der Waals surface area contributed by atoms with E-state index in [4.69, 9.17) is 9.72 Å². The summed E-state index contributed by atoms with van der Waals surface area (Å²) in [5.41, 5.74) is 3.77. The van der Waals surface area contributed by atoms with E-state index in [0.29, 0.717) is 0 Å². The van der Waals surface area contributed by atoms with Gasteiger partial charge in [0.2, 0.25) is 0 Å². The number of hydrogen-bond donors (Lipinski definition) is 1. The van der Waals surface area contributed by atoms with Gasteiger partial charge in [0.1, 0.15) is 10.8 Å². The Morgan fingerprint density at radius 3 is 3.11 bits per heavy atom. The molecular formula is C15H18N2OS. The quantitative estimate of drug-likeness (QED) is 0.725. The van der Waals surface area contributed by atoms with E-state index in [1.165, 1.54) is 21.0 Å². The highest BCUT2D eigenvalue weighted by atomic mass is 32.1. The number of hydrogen-bond acceptors (Lipinski definition) is 4. The van der Waals surface area contributed by atoms with Gasteiger partial charge >= 0.3 is 0 Å². The Hall–Kier alpha value is -1.39. The van der Waals surface area contributed by atoms with E-state index in [2.05, 4.69) is 24.4 Å². The second-order valence-electron chi connectivity index (χ2n) is 4.76. The molecule has 100 valence electrons. The van der Waals surface area contributed by atoms with Gasteiger partial charge in [0.15, 0.2) is 0 Å². The third-order valence-electron chi connectivity index (χ3n) is 3.37. The molecule has 1 N–H and O–H groups in total. The fourth-order valence-electron chi connectivity index (χ4n) is 2.41. The highest BCUT2D eigenvalue weighted by Crippen LogP contribution is 2.40. The summed E-state index contributed by atoms with van der Waals surface area (Å²) >= 11 is 1.83. The van der Waals surface area contributed by atoms with Crippen molar-refractivity contribution in [2.45, 2.75) is 26.3 Å². The van der Waals surface area contributed by atoms with Crippen LogP contribution in [0.2, 0.25) is 0 Å². The van der Waals surface area contributed by atoms with Crippen LogP contribution in [0.1, 0.15) is 28.8 Å². The van der Waals surface area contributed by atoms with E-state index in [1.54, 1.807) is 7.11 Å². The van der Waals surface area contributed by atoms with Crippen molar-refractivity contribution < 1.29 is 4.74 Å². The van der Waals surface area contributed by atoms with Crippen molar-refractivity contribution in [1.82, 2.24) is 10.3 Å². The van der Waals surface area contributed by atoms with Gasteiger partial charge in [-0.3, -0.25) is 0 Å². The van der Waals surface area contributed by atoms with Gasteiger partial charge in [-0.05, 0) is 30.7 Å². The molecule has 0 saturated heterocycles. The van der Waals surface area contributed by atoms with Crippen molar-refractivity contribution in [2.24, 2.45) is 0 Å². The van der Waals surface area contributed by atoms with Gasteiger partial charge in [0.05, 0.1) is 12.8 Å². The number of ether oxygens (including phenoxy) is 1. The Morgan fingerprint density at radius 1 is 1.42 bits per heavy atom. The summed E-state index contributed by atoms with van der Waals surface area (Å²) in [4.78, 5) is 6.17. The summed E-state index contributed by atoms with van der Waals surface area (Å²) in [7, 11) is 1.71. The standard InChI is InChI=1S/C15H18N2OS/c1-3-6-16-9-14-17-15-12-8-11(18-2)5-4-10(12)7-13(15)19-14/h4-5,8,16H,3,6-7,9H2,1-2H3. The van der Waals surface area contributed by atoms with Crippen LogP contribution in [0.15, 0.2) is 18.2 Å². The van der Waals surface area contributed by atoms with E-state index in [0.717, 1.165) is 37.4 Å². The highest BCUT2D eigenvalue weighted by molar-refractivity contribution is 7.12. The average Bonchev–Trinajstić information content (AvgIpc) is 2.95. The molecule has 1 aliphatic carbocycles. The molecule has 1 aliphatic rings. The van der Waals surface area contributed by atoms with Gasteiger partial charge in [-0.25, -0.2) is 4.98 Å². The lowest BCUT2D eigenvalue weighted by Crippen LogP contribution is -2.13. The minimum atomic E-state index is 0.880. The van der Waals surface area contributed by atoms with E-state index in [1.807, 2.05) is 17.4 Å². The molecule has 2 aromatic rings. The Labute approximate surface area is 117 Å². The summed E-state index contributed by atoms with van der Waals surface area (Å²) in [5, 5.41) is 4.60. The normalized spacial score (nSPS) is 12.3. The molecule has 0 bridgehead atoms. The number of nitrogens with one attached hydrogen (secondary N) is 1. The van der Waals surface area contributed by atoms with Crippen LogP contribution >= 0.6 is 11.3 Å². The molecular weight excluding hydrogens is 256 g/mol. The zero-order chi connectivity index (χ0) is 13.2. The van der Waals surface area contributed by atoms with Gasteiger partial charge in [0.25, 0.3) is 0 Å². The molecule has 0 atom stereocenters. The average molecular weight is 274 g/mol. The van der Waals surface area contributed by atoms with E-state index < -0.39 is 0 Å². The van der Waals surface area contributed by atoms with Crippen molar-refractivity contribution in [3.8, 4) is 17.0 Å². The fourth-order valence-corrected chi connectivity index (χ4v) is 3.48. The Morgan fingerprint density at radius 2 is 2.32 bits per heavy atom. The van der Waals surface area contributed by atoms with Gasteiger partial charge in [0, 0.05) is 23.4 Å². The first kappa shape index (κ1) is 12.6. The summed E-state index contributed by atoms with van der Waals surface area (Å²) in [5.74, 6) is 0.908. The lowest BCUT2D eigenvalue weighted by atomic mass is 10.1. The number of methoxy groups -OCH3 is 1. The molecule has 0 fully saturated rings. The third-order valence-corrected chi connectivity index (χ3v) is 4.42. The highest BCUT2D eigenvalue weighted by Gasteiger charge is 2.23. The number of rotatable bonds is 5. The molecule has 4 heteroatoms. The molecule has 1 aromatic carbocycles. The van der Waals surface area contributed by atoms with Crippen LogP contribution in [0, 0.1) is 0 Å². The molecule has 3 nitrogen and oxygen atoms in total. The maximum atomic E-state index is 5.30. The first-order chi connectivity index (χ1) is 9.31. The zero-order valence-corrected chi connectivity index (χ0v) is 12.1. The zero-order valence-electron chi connectivity index (χ0n) is 11.3. The third kappa shape index (κ3) is 2.38. The van der Waals surface area contributed by atoms with Crippen LogP contribution in [0.3, 0.4) is 0 Å². The number of benzene rings is 1.